The van der Waals surface area contributed by atoms with E-state index in [9.17, 15) is 45.6 Å². The first-order valence-electron chi connectivity index (χ1n) is 35.2. The van der Waals surface area contributed by atoms with Gasteiger partial charge in [0.1, 0.15) is 48.8 Å². The molecule has 2 aliphatic heterocycles. The molecule has 0 aromatic heterocycles. The van der Waals surface area contributed by atoms with Gasteiger partial charge in [-0.1, -0.05) is 262 Å². The van der Waals surface area contributed by atoms with Crippen LogP contribution in [0.5, 0.6) is 0 Å². The van der Waals surface area contributed by atoms with E-state index in [1.807, 2.05) is 6.08 Å². The molecule has 9 N–H and O–H groups in total. The van der Waals surface area contributed by atoms with Crippen molar-refractivity contribution < 1.29 is 64.6 Å². The van der Waals surface area contributed by atoms with Gasteiger partial charge in [0.2, 0.25) is 5.91 Å². The van der Waals surface area contributed by atoms with E-state index < -0.39 is 86.8 Å². The van der Waals surface area contributed by atoms with E-state index in [0.717, 1.165) is 116 Å². The molecule has 14 nitrogen and oxygen atoms in total. The van der Waals surface area contributed by atoms with E-state index in [0.29, 0.717) is 12.8 Å². The molecule has 516 valence electrons. The standard InChI is InChI=1S/C77H125NO13/c1-3-5-7-9-11-13-15-17-19-21-23-24-25-26-27-28-29-30-31-32-33-34-35-36-37-38-39-40-41-42-43-45-47-49-51-53-55-57-59-61-69(82)78-65(66(81)60-58-56-54-52-50-48-46-44-22-20-18-16-14-12-10-8-6-4-2)64-88-76-74(87)72(85)75(68(63-80)90-76)91-77-73(86)71(84)70(83)67(62-79)89-77/h5,7,11,13,17,19,23-24,26-27,29-30,32-33,35-36,38-39,41-42,45,47,50,52,58,60,65-68,70-77,79-81,83-87H,3-4,6,8-10,12,14-16,18,20-22,25,28,31,34,37,40,43-44,46,48-49,51,53-57,59,61-64H2,1-2H3,(H,78,82)/b7-5-,13-11-,19-17-,24-23-,27-26-,30-29-,33-32-,36-35-,39-38-,42-41-,47-45-,52-50+,60-58+. The van der Waals surface area contributed by atoms with Gasteiger partial charge in [-0.2, -0.15) is 0 Å². The van der Waals surface area contributed by atoms with E-state index in [4.69, 9.17) is 18.9 Å². The molecular weight excluding hydrogens is 1150 g/mol. The van der Waals surface area contributed by atoms with Crippen LogP contribution < -0.4 is 5.32 Å². The van der Waals surface area contributed by atoms with E-state index in [2.05, 4.69) is 165 Å². The monoisotopic (exact) mass is 1270 g/mol. The van der Waals surface area contributed by atoms with Crippen LogP contribution in [0.4, 0.5) is 0 Å². The summed E-state index contributed by atoms with van der Waals surface area (Å²) in [6.45, 7) is 2.64. The van der Waals surface area contributed by atoms with Gasteiger partial charge in [0.05, 0.1) is 32.0 Å². The molecule has 0 aromatic rings. The minimum atomic E-state index is -1.80. The maximum atomic E-state index is 13.3. The second kappa shape index (κ2) is 59.4. The van der Waals surface area contributed by atoms with Gasteiger partial charge in [-0.25, -0.2) is 0 Å². The lowest BCUT2D eigenvalue weighted by molar-refractivity contribution is -0.359. The molecule has 91 heavy (non-hydrogen) atoms. The predicted molar refractivity (Wildman–Crippen MR) is 373 cm³/mol. The second-order valence-corrected chi connectivity index (χ2v) is 23.9. The average molecular weight is 1270 g/mol. The van der Waals surface area contributed by atoms with Crippen molar-refractivity contribution in [3.05, 3.63) is 158 Å². The van der Waals surface area contributed by atoms with Crippen LogP contribution in [0.25, 0.3) is 0 Å². The first-order valence-corrected chi connectivity index (χ1v) is 35.2. The lowest BCUT2D eigenvalue weighted by atomic mass is 9.97. The molecule has 14 heteroatoms. The highest BCUT2D eigenvalue weighted by molar-refractivity contribution is 5.76. The van der Waals surface area contributed by atoms with Gasteiger partial charge in [0.25, 0.3) is 0 Å². The summed E-state index contributed by atoms with van der Waals surface area (Å²) in [4.78, 5) is 13.3. The topological polar surface area (TPSA) is 228 Å². The average Bonchev–Trinajstić information content (AvgIpc) is 1.19. The Bertz CT molecular complexity index is 2140. The summed E-state index contributed by atoms with van der Waals surface area (Å²) in [5, 5.41) is 87.3. The third kappa shape index (κ3) is 43.3. The van der Waals surface area contributed by atoms with Crippen LogP contribution in [-0.4, -0.2) is 140 Å². The molecule has 0 aromatic carbocycles. The number of carbonyl (C=O) groups is 1. The van der Waals surface area contributed by atoms with Crippen molar-refractivity contribution in [2.45, 2.75) is 299 Å². The highest BCUT2D eigenvalue weighted by Gasteiger charge is 2.51. The van der Waals surface area contributed by atoms with E-state index >= 15 is 0 Å². The Labute approximate surface area is 550 Å². The Balaban J connectivity index is 1.68. The molecule has 1 amide bonds. The number of nitrogens with one attached hydrogen (secondary N) is 1. The number of aliphatic hydroxyl groups excluding tert-OH is 8. The van der Waals surface area contributed by atoms with Crippen LogP contribution in [0.2, 0.25) is 0 Å². The zero-order chi connectivity index (χ0) is 65.9. The Kier molecular flexibility index (Phi) is 53.9. The largest absolute Gasteiger partial charge is 0.394 e. The quantitative estimate of drug-likeness (QED) is 0.0204. The van der Waals surface area contributed by atoms with Gasteiger partial charge >= 0.3 is 0 Å². The molecule has 2 saturated heterocycles. The van der Waals surface area contributed by atoms with E-state index in [-0.39, 0.29) is 18.9 Å². The number of hydrogen-bond donors (Lipinski definition) is 9. The van der Waals surface area contributed by atoms with Gasteiger partial charge in [0, 0.05) is 6.42 Å². The third-order valence-electron chi connectivity index (χ3n) is 15.9. The van der Waals surface area contributed by atoms with Crippen molar-refractivity contribution in [1.82, 2.24) is 5.32 Å². The van der Waals surface area contributed by atoms with Gasteiger partial charge < -0.3 is 65.1 Å². The number of aliphatic hydroxyl groups is 8. The molecule has 2 heterocycles. The molecule has 2 aliphatic rings. The fraction of sp³-hybridized carbons (Fsp3) is 0.649. The van der Waals surface area contributed by atoms with Crippen LogP contribution in [0.3, 0.4) is 0 Å². The molecule has 2 rings (SSSR count). The second-order valence-electron chi connectivity index (χ2n) is 23.9. The smallest absolute Gasteiger partial charge is 0.220 e. The van der Waals surface area contributed by atoms with Crippen molar-refractivity contribution >= 4 is 5.91 Å². The van der Waals surface area contributed by atoms with Crippen molar-refractivity contribution in [1.29, 1.82) is 0 Å². The van der Waals surface area contributed by atoms with E-state index in [1.165, 1.54) is 77.0 Å². The minimum Gasteiger partial charge on any atom is -0.394 e. The summed E-state index contributed by atoms with van der Waals surface area (Å²) in [6, 6.07) is -0.955. The summed E-state index contributed by atoms with van der Waals surface area (Å²) in [6.07, 6.45) is 74.3. The molecule has 0 aliphatic carbocycles. The maximum Gasteiger partial charge on any atom is 0.220 e. The van der Waals surface area contributed by atoms with E-state index in [1.54, 1.807) is 6.08 Å². The normalized spacial score (nSPS) is 23.8. The summed E-state index contributed by atoms with van der Waals surface area (Å²) in [5.41, 5.74) is 0. The highest BCUT2D eigenvalue weighted by Crippen LogP contribution is 2.30. The number of unbranched alkanes of at least 4 members (excludes halogenated alkanes) is 18. The predicted octanol–water partition coefficient (Wildman–Crippen LogP) is 14.6. The fourth-order valence-electron chi connectivity index (χ4n) is 10.4. The number of ether oxygens (including phenoxy) is 4. The Morgan fingerprint density at radius 3 is 1.21 bits per heavy atom. The third-order valence-corrected chi connectivity index (χ3v) is 15.9. The highest BCUT2D eigenvalue weighted by atomic mass is 16.7. The molecule has 0 bridgehead atoms. The molecule has 2 fully saturated rings. The lowest BCUT2D eigenvalue weighted by Crippen LogP contribution is -2.65. The number of allylic oxidation sites excluding steroid dienone is 25. The summed E-state index contributed by atoms with van der Waals surface area (Å²) < 4.78 is 22.8. The molecule has 0 saturated carbocycles. The van der Waals surface area contributed by atoms with Crippen molar-refractivity contribution in [2.24, 2.45) is 0 Å². The van der Waals surface area contributed by atoms with Gasteiger partial charge in [0.15, 0.2) is 12.6 Å². The Hall–Kier alpha value is -4.39. The summed E-state index contributed by atoms with van der Waals surface area (Å²) in [5.74, 6) is -0.274. The van der Waals surface area contributed by atoms with Crippen molar-refractivity contribution in [3.63, 3.8) is 0 Å². The SMILES string of the molecule is CC/C=C\C/C=C\C/C=C\C/C=C\C/C=C\C/C=C\C/C=C\C/C=C\C/C=C\C/C=C\C/C=C\CCCCCCCC(=O)NC(COC1OC(CO)C(OC2OC(CO)C(O)C(O)C2O)C(O)C1O)C(O)/C=C/CC/C=C/CCCCCCCCCCCCCC. The van der Waals surface area contributed by atoms with Gasteiger partial charge in [-0.3, -0.25) is 4.79 Å². The molecular formula is C77H125NO13. The molecule has 0 spiro atoms. The van der Waals surface area contributed by atoms with Crippen molar-refractivity contribution in [2.75, 3.05) is 19.8 Å². The number of hydrogen-bond acceptors (Lipinski definition) is 13. The first-order chi connectivity index (χ1) is 44.6. The van der Waals surface area contributed by atoms with Crippen molar-refractivity contribution in [3.8, 4) is 0 Å². The first kappa shape index (κ1) is 82.7. The lowest BCUT2D eigenvalue weighted by Gasteiger charge is -2.46. The minimum absolute atomic E-state index is 0.240. The fourth-order valence-corrected chi connectivity index (χ4v) is 10.4. The van der Waals surface area contributed by atoms with Crippen LogP contribution >= 0.6 is 0 Å². The van der Waals surface area contributed by atoms with Crippen LogP contribution in [0.1, 0.15) is 226 Å². The zero-order valence-electron chi connectivity index (χ0n) is 56.0. The zero-order valence-corrected chi connectivity index (χ0v) is 56.0. The van der Waals surface area contributed by atoms with Gasteiger partial charge in [-0.05, 0) is 116 Å². The van der Waals surface area contributed by atoms with Crippen LogP contribution in [0, 0.1) is 0 Å². The molecule has 12 unspecified atom stereocenters. The number of rotatable bonds is 55. The molecule has 12 atom stereocenters. The summed E-state index contributed by atoms with van der Waals surface area (Å²) in [7, 11) is 0. The number of carbonyl (C=O) groups excluding carboxylic acids is 1. The molecule has 0 radical (unpaired) electrons. The van der Waals surface area contributed by atoms with Crippen LogP contribution in [-0.2, 0) is 23.7 Å². The van der Waals surface area contributed by atoms with Gasteiger partial charge in [-0.15, -0.1) is 0 Å². The summed E-state index contributed by atoms with van der Waals surface area (Å²) >= 11 is 0. The Morgan fingerprint density at radius 1 is 0.407 bits per heavy atom. The number of amides is 1. The maximum absolute atomic E-state index is 13.3. The Morgan fingerprint density at radius 2 is 0.769 bits per heavy atom. The van der Waals surface area contributed by atoms with Crippen LogP contribution in [0.15, 0.2) is 158 Å².